The Morgan fingerprint density at radius 2 is 2.10 bits per heavy atom. The van der Waals surface area contributed by atoms with Crippen LogP contribution in [0.3, 0.4) is 0 Å². The number of amides is 2. The summed E-state index contributed by atoms with van der Waals surface area (Å²) in [6.07, 6.45) is 5.65. The SMILES string of the molecule is CC1(NC(=O)CCn2ccccc2=O)CCN(C(=O)c2cnc3cccnn23)C1. The van der Waals surface area contributed by atoms with Gasteiger partial charge in [-0.25, -0.2) is 9.50 Å². The summed E-state index contributed by atoms with van der Waals surface area (Å²) in [6, 6.07) is 8.45. The van der Waals surface area contributed by atoms with Crippen molar-refractivity contribution in [2.24, 2.45) is 0 Å². The Balaban J connectivity index is 1.38. The first-order valence-electron chi connectivity index (χ1n) is 9.50. The summed E-state index contributed by atoms with van der Waals surface area (Å²) in [4.78, 5) is 43.0. The van der Waals surface area contributed by atoms with Gasteiger partial charge in [0.05, 0.1) is 11.7 Å². The zero-order valence-electron chi connectivity index (χ0n) is 16.1. The minimum Gasteiger partial charge on any atom is -0.349 e. The van der Waals surface area contributed by atoms with Crippen LogP contribution in [0, 0.1) is 0 Å². The molecule has 1 aliphatic heterocycles. The van der Waals surface area contributed by atoms with Gasteiger partial charge in [-0.15, -0.1) is 0 Å². The standard InChI is InChI=1S/C20H22N6O3/c1-20(23-17(27)7-11-24-10-3-2-6-18(24)28)8-12-25(14-20)19(29)15-13-21-16-5-4-9-22-26(15)16/h2-6,9-10,13H,7-8,11-12,14H2,1H3,(H,23,27). The largest absolute Gasteiger partial charge is 0.349 e. The molecule has 0 aliphatic carbocycles. The van der Waals surface area contributed by atoms with E-state index in [4.69, 9.17) is 0 Å². The normalized spacial score (nSPS) is 18.9. The highest BCUT2D eigenvalue weighted by atomic mass is 16.2. The molecular weight excluding hydrogens is 372 g/mol. The number of hydrogen-bond donors (Lipinski definition) is 1. The van der Waals surface area contributed by atoms with Crippen LogP contribution in [0.15, 0.2) is 53.7 Å². The van der Waals surface area contributed by atoms with E-state index in [1.165, 1.54) is 21.3 Å². The van der Waals surface area contributed by atoms with Crippen molar-refractivity contribution >= 4 is 17.5 Å². The Kier molecular flexibility index (Phi) is 4.87. The summed E-state index contributed by atoms with van der Waals surface area (Å²) >= 11 is 0. The summed E-state index contributed by atoms with van der Waals surface area (Å²) in [5, 5.41) is 7.21. The lowest BCUT2D eigenvalue weighted by Crippen LogP contribution is -2.48. The van der Waals surface area contributed by atoms with Gasteiger partial charge in [-0.3, -0.25) is 14.4 Å². The third kappa shape index (κ3) is 3.89. The number of carbonyl (C=O) groups excluding carboxylic acids is 2. The Bertz CT molecular complexity index is 1120. The molecule has 1 aliphatic rings. The average Bonchev–Trinajstić information content (AvgIpc) is 3.31. The number of carbonyl (C=O) groups is 2. The lowest BCUT2D eigenvalue weighted by molar-refractivity contribution is -0.123. The van der Waals surface area contributed by atoms with E-state index < -0.39 is 5.54 Å². The highest BCUT2D eigenvalue weighted by Gasteiger charge is 2.38. The third-order valence-corrected chi connectivity index (χ3v) is 5.18. The van der Waals surface area contributed by atoms with Crippen molar-refractivity contribution in [3.63, 3.8) is 0 Å². The van der Waals surface area contributed by atoms with E-state index in [-0.39, 0.29) is 23.8 Å². The number of nitrogens with one attached hydrogen (secondary N) is 1. The van der Waals surface area contributed by atoms with E-state index >= 15 is 0 Å². The van der Waals surface area contributed by atoms with Crippen molar-refractivity contribution in [2.75, 3.05) is 13.1 Å². The van der Waals surface area contributed by atoms with Crippen LogP contribution in [0.5, 0.6) is 0 Å². The molecule has 9 heteroatoms. The Hall–Kier alpha value is -3.49. The molecule has 1 N–H and O–H groups in total. The molecule has 9 nitrogen and oxygen atoms in total. The van der Waals surface area contributed by atoms with Crippen molar-refractivity contribution in [1.82, 2.24) is 29.4 Å². The maximum Gasteiger partial charge on any atom is 0.274 e. The number of imidazole rings is 1. The lowest BCUT2D eigenvalue weighted by Gasteiger charge is -2.26. The quantitative estimate of drug-likeness (QED) is 0.687. The summed E-state index contributed by atoms with van der Waals surface area (Å²) in [6.45, 7) is 3.19. The van der Waals surface area contributed by atoms with Crippen LogP contribution >= 0.6 is 0 Å². The van der Waals surface area contributed by atoms with Crippen molar-refractivity contribution in [3.8, 4) is 0 Å². The van der Waals surface area contributed by atoms with Crippen LogP contribution in [0.2, 0.25) is 0 Å². The number of nitrogens with zero attached hydrogens (tertiary/aromatic N) is 5. The molecule has 1 fully saturated rings. The summed E-state index contributed by atoms with van der Waals surface area (Å²) in [7, 11) is 0. The molecule has 4 heterocycles. The first kappa shape index (κ1) is 18.9. The molecule has 0 radical (unpaired) electrons. The van der Waals surface area contributed by atoms with E-state index in [0.29, 0.717) is 37.4 Å². The molecule has 0 spiro atoms. The molecular formula is C20H22N6O3. The van der Waals surface area contributed by atoms with E-state index in [1.54, 1.807) is 41.6 Å². The van der Waals surface area contributed by atoms with Gasteiger partial charge < -0.3 is 14.8 Å². The maximum absolute atomic E-state index is 12.9. The molecule has 0 bridgehead atoms. The smallest absolute Gasteiger partial charge is 0.274 e. The van der Waals surface area contributed by atoms with Crippen molar-refractivity contribution in [3.05, 3.63) is 65.0 Å². The zero-order valence-corrected chi connectivity index (χ0v) is 16.1. The number of fused-ring (bicyclic) bond motifs is 1. The molecule has 150 valence electrons. The van der Waals surface area contributed by atoms with Gasteiger partial charge in [-0.1, -0.05) is 6.07 Å². The molecule has 0 aromatic carbocycles. The van der Waals surface area contributed by atoms with E-state index in [2.05, 4.69) is 15.4 Å². The Morgan fingerprint density at radius 3 is 2.93 bits per heavy atom. The fourth-order valence-electron chi connectivity index (χ4n) is 3.64. The average molecular weight is 394 g/mol. The minimum absolute atomic E-state index is 0.134. The monoisotopic (exact) mass is 394 g/mol. The summed E-state index contributed by atoms with van der Waals surface area (Å²) < 4.78 is 3.03. The molecule has 1 saturated heterocycles. The molecule has 4 rings (SSSR count). The molecule has 29 heavy (non-hydrogen) atoms. The van der Waals surface area contributed by atoms with Gasteiger partial charge in [0.25, 0.3) is 11.5 Å². The van der Waals surface area contributed by atoms with Gasteiger partial charge in [0.1, 0.15) is 0 Å². The molecule has 1 unspecified atom stereocenters. The van der Waals surface area contributed by atoms with Crippen molar-refractivity contribution in [2.45, 2.75) is 31.8 Å². The van der Waals surface area contributed by atoms with Gasteiger partial charge in [0.15, 0.2) is 11.3 Å². The molecule has 1 atom stereocenters. The number of likely N-dealkylation sites (tertiary alicyclic amines) is 1. The van der Waals surface area contributed by atoms with Crippen LogP contribution in [0.4, 0.5) is 0 Å². The minimum atomic E-state index is -0.512. The van der Waals surface area contributed by atoms with Crippen molar-refractivity contribution < 1.29 is 9.59 Å². The lowest BCUT2D eigenvalue weighted by atomic mass is 10.0. The highest BCUT2D eigenvalue weighted by Crippen LogP contribution is 2.23. The van der Waals surface area contributed by atoms with E-state index in [1.807, 2.05) is 6.92 Å². The van der Waals surface area contributed by atoms with Gasteiger partial charge in [-0.05, 0) is 31.5 Å². The highest BCUT2D eigenvalue weighted by molar-refractivity contribution is 5.93. The molecule has 2 amide bonds. The van der Waals surface area contributed by atoms with Crippen molar-refractivity contribution in [1.29, 1.82) is 0 Å². The second-order valence-electron chi connectivity index (χ2n) is 7.50. The predicted molar refractivity (Wildman–Crippen MR) is 105 cm³/mol. The molecule has 3 aromatic heterocycles. The van der Waals surface area contributed by atoms with Gasteiger partial charge in [0, 0.05) is 44.5 Å². The Labute approximate surface area is 167 Å². The molecule has 3 aromatic rings. The predicted octanol–water partition coefficient (Wildman–Crippen LogP) is 0.702. The fraction of sp³-hybridized carbons (Fsp3) is 0.350. The van der Waals surface area contributed by atoms with Crippen LogP contribution in [0.1, 0.15) is 30.3 Å². The van der Waals surface area contributed by atoms with Gasteiger partial charge in [-0.2, -0.15) is 5.10 Å². The number of hydrogen-bond acceptors (Lipinski definition) is 5. The second-order valence-corrected chi connectivity index (χ2v) is 7.50. The van der Waals surface area contributed by atoms with E-state index in [9.17, 15) is 14.4 Å². The maximum atomic E-state index is 12.9. The van der Waals surface area contributed by atoms with Gasteiger partial charge >= 0.3 is 0 Å². The zero-order chi connectivity index (χ0) is 20.4. The van der Waals surface area contributed by atoms with Crippen LogP contribution in [0.25, 0.3) is 5.65 Å². The van der Waals surface area contributed by atoms with E-state index in [0.717, 1.165) is 0 Å². The topological polar surface area (TPSA) is 102 Å². The van der Waals surface area contributed by atoms with Crippen LogP contribution < -0.4 is 10.9 Å². The van der Waals surface area contributed by atoms with Crippen LogP contribution in [-0.4, -0.2) is 54.5 Å². The summed E-state index contributed by atoms with van der Waals surface area (Å²) in [5.74, 6) is -0.306. The first-order chi connectivity index (χ1) is 14.0. The van der Waals surface area contributed by atoms with Crippen LogP contribution in [-0.2, 0) is 11.3 Å². The first-order valence-corrected chi connectivity index (χ1v) is 9.50. The Morgan fingerprint density at radius 1 is 1.24 bits per heavy atom. The molecule has 0 saturated carbocycles. The number of aromatic nitrogens is 4. The fourth-order valence-corrected chi connectivity index (χ4v) is 3.64. The third-order valence-electron chi connectivity index (χ3n) is 5.18. The number of rotatable bonds is 5. The second kappa shape index (κ2) is 7.50. The van der Waals surface area contributed by atoms with Gasteiger partial charge in [0.2, 0.25) is 5.91 Å². The number of pyridine rings is 1. The summed E-state index contributed by atoms with van der Waals surface area (Å²) in [5.41, 5.74) is 0.371. The number of aryl methyl sites for hydroxylation is 1.